The highest BCUT2D eigenvalue weighted by atomic mass is 16.6. The lowest BCUT2D eigenvalue weighted by Gasteiger charge is -1.94. The molecule has 2 aromatic carbocycles. The fourth-order valence-electron chi connectivity index (χ4n) is 2.02. The van der Waals surface area contributed by atoms with Gasteiger partial charge in [0.1, 0.15) is 6.10 Å². The molecule has 19 heavy (non-hydrogen) atoms. The van der Waals surface area contributed by atoms with E-state index < -0.39 is 0 Å². The first-order valence-electron chi connectivity index (χ1n) is 6.32. The largest absolute Gasteiger partial charge is 0.356 e. The van der Waals surface area contributed by atoms with Gasteiger partial charge in [0.25, 0.3) is 0 Å². The van der Waals surface area contributed by atoms with E-state index in [-0.39, 0.29) is 18.0 Å². The molecule has 0 radical (unpaired) electrons. The molecule has 1 heterocycles. The molecule has 0 spiro atoms. The Hall–Kier alpha value is -2.19. The van der Waals surface area contributed by atoms with Crippen molar-refractivity contribution < 1.29 is 9.53 Å². The van der Waals surface area contributed by atoms with Gasteiger partial charge in [0.2, 0.25) is 0 Å². The van der Waals surface area contributed by atoms with Crippen molar-refractivity contribution in [2.24, 2.45) is 0 Å². The molecule has 2 nitrogen and oxygen atoms in total. The van der Waals surface area contributed by atoms with Crippen molar-refractivity contribution in [2.75, 3.05) is 0 Å². The van der Waals surface area contributed by atoms with Gasteiger partial charge in [-0.2, -0.15) is 0 Å². The third-order valence-electron chi connectivity index (χ3n) is 3.12. The number of ether oxygens (including phenoxy) is 1. The van der Waals surface area contributed by atoms with E-state index in [9.17, 15) is 4.79 Å². The van der Waals surface area contributed by atoms with E-state index in [1.165, 1.54) is 0 Å². The predicted molar refractivity (Wildman–Crippen MR) is 74.9 cm³/mol. The molecule has 0 saturated carbocycles. The number of rotatable bonds is 4. The highest BCUT2D eigenvalue weighted by Gasteiger charge is 2.43. The Kier molecular flexibility index (Phi) is 3.25. The Balaban J connectivity index is 1.63. The standard InChI is InChI=1S/C17H14O2/c18-16(14-9-5-2-6-10-14)17-15(19-17)12-11-13-7-3-1-4-8-13/h1-12,15,17H/b12-11+/t15-,17+/m1/s1. The summed E-state index contributed by atoms with van der Waals surface area (Å²) in [6, 6.07) is 19.3. The lowest BCUT2D eigenvalue weighted by molar-refractivity contribution is 0.0953. The SMILES string of the molecule is O=C(c1ccccc1)[C@H]1O[C@@H]1/C=C/c1ccccc1. The average molecular weight is 250 g/mol. The first kappa shape index (κ1) is 11.9. The van der Waals surface area contributed by atoms with Crippen LogP contribution in [0.15, 0.2) is 66.7 Å². The molecule has 0 bridgehead atoms. The van der Waals surface area contributed by atoms with Gasteiger partial charge in [-0.1, -0.05) is 72.8 Å². The number of carbonyl (C=O) groups is 1. The molecule has 0 amide bonds. The summed E-state index contributed by atoms with van der Waals surface area (Å²) in [5, 5.41) is 0. The van der Waals surface area contributed by atoms with Crippen LogP contribution in [0, 0.1) is 0 Å². The van der Waals surface area contributed by atoms with E-state index in [1.807, 2.05) is 72.8 Å². The maximum atomic E-state index is 12.1. The fraction of sp³-hybridized carbons (Fsp3) is 0.118. The van der Waals surface area contributed by atoms with Crippen LogP contribution in [0.1, 0.15) is 15.9 Å². The van der Waals surface area contributed by atoms with E-state index in [0.717, 1.165) is 5.56 Å². The second-order valence-electron chi connectivity index (χ2n) is 4.52. The van der Waals surface area contributed by atoms with E-state index in [1.54, 1.807) is 0 Å². The zero-order valence-corrected chi connectivity index (χ0v) is 10.4. The Bertz CT molecular complexity index is 587. The predicted octanol–water partition coefficient (Wildman–Crippen LogP) is 3.35. The minimum absolute atomic E-state index is 0.0586. The van der Waals surface area contributed by atoms with Crippen LogP contribution in [-0.2, 0) is 4.74 Å². The number of hydrogen-bond donors (Lipinski definition) is 0. The van der Waals surface area contributed by atoms with Crippen LogP contribution in [0.3, 0.4) is 0 Å². The lowest BCUT2D eigenvalue weighted by Crippen LogP contribution is -2.09. The molecule has 0 aromatic heterocycles. The molecule has 0 aliphatic carbocycles. The van der Waals surface area contributed by atoms with Gasteiger partial charge in [0.05, 0.1) is 0 Å². The van der Waals surface area contributed by atoms with E-state index in [0.29, 0.717) is 5.56 Å². The summed E-state index contributed by atoms with van der Waals surface area (Å²) in [5.74, 6) is 0.0586. The van der Waals surface area contributed by atoms with Crippen molar-refractivity contribution in [2.45, 2.75) is 12.2 Å². The van der Waals surface area contributed by atoms with Gasteiger partial charge < -0.3 is 4.74 Å². The summed E-state index contributed by atoms with van der Waals surface area (Å²) in [5.41, 5.74) is 1.83. The topological polar surface area (TPSA) is 29.6 Å². The maximum absolute atomic E-state index is 12.1. The maximum Gasteiger partial charge on any atom is 0.194 e. The summed E-state index contributed by atoms with van der Waals surface area (Å²) in [4.78, 5) is 12.1. The molecule has 1 aliphatic heterocycles. The van der Waals surface area contributed by atoms with Crippen molar-refractivity contribution in [3.8, 4) is 0 Å². The third kappa shape index (κ3) is 2.80. The average Bonchev–Trinajstić information content (AvgIpc) is 3.26. The molecular weight excluding hydrogens is 236 g/mol. The molecule has 2 atom stereocenters. The van der Waals surface area contributed by atoms with Crippen molar-refractivity contribution in [1.29, 1.82) is 0 Å². The van der Waals surface area contributed by atoms with Crippen LogP contribution >= 0.6 is 0 Å². The Morgan fingerprint density at radius 3 is 2.26 bits per heavy atom. The normalized spacial score (nSPS) is 21.5. The van der Waals surface area contributed by atoms with Gasteiger partial charge in [-0.25, -0.2) is 0 Å². The zero-order valence-electron chi connectivity index (χ0n) is 10.4. The molecular formula is C17H14O2. The van der Waals surface area contributed by atoms with E-state index in [4.69, 9.17) is 4.74 Å². The summed E-state index contributed by atoms with van der Waals surface area (Å²) in [6.45, 7) is 0. The van der Waals surface area contributed by atoms with Gasteiger partial charge in [-0.3, -0.25) is 4.79 Å². The second-order valence-corrected chi connectivity index (χ2v) is 4.52. The Morgan fingerprint density at radius 1 is 0.947 bits per heavy atom. The highest BCUT2D eigenvalue weighted by molar-refractivity contribution is 6.01. The van der Waals surface area contributed by atoms with Crippen LogP contribution in [0.5, 0.6) is 0 Å². The number of ketones is 1. The molecule has 3 rings (SSSR count). The highest BCUT2D eigenvalue weighted by Crippen LogP contribution is 2.27. The van der Waals surface area contributed by atoms with Gasteiger partial charge in [-0.05, 0) is 5.56 Å². The van der Waals surface area contributed by atoms with Crippen molar-refractivity contribution >= 4 is 11.9 Å². The molecule has 2 aromatic rings. The van der Waals surface area contributed by atoms with Crippen molar-refractivity contribution in [3.05, 3.63) is 77.9 Å². The smallest absolute Gasteiger partial charge is 0.194 e. The summed E-state index contributed by atoms with van der Waals surface area (Å²) >= 11 is 0. The minimum Gasteiger partial charge on any atom is -0.356 e. The number of epoxide rings is 1. The molecule has 0 unspecified atom stereocenters. The number of Topliss-reactive ketones (excluding diaryl/α,β-unsaturated/α-hetero) is 1. The van der Waals surface area contributed by atoms with Crippen LogP contribution in [-0.4, -0.2) is 18.0 Å². The van der Waals surface area contributed by atoms with Gasteiger partial charge >= 0.3 is 0 Å². The minimum atomic E-state index is -0.317. The molecule has 1 saturated heterocycles. The molecule has 1 aliphatic rings. The van der Waals surface area contributed by atoms with E-state index in [2.05, 4.69) is 0 Å². The lowest BCUT2D eigenvalue weighted by atomic mass is 10.1. The summed E-state index contributed by atoms with van der Waals surface area (Å²) < 4.78 is 5.42. The number of carbonyl (C=O) groups excluding carboxylic acids is 1. The monoisotopic (exact) mass is 250 g/mol. The van der Waals surface area contributed by atoms with Gasteiger partial charge in [0.15, 0.2) is 11.9 Å². The first-order chi connectivity index (χ1) is 9.34. The van der Waals surface area contributed by atoms with Crippen LogP contribution in [0.25, 0.3) is 6.08 Å². The Labute approximate surface area is 112 Å². The fourth-order valence-corrected chi connectivity index (χ4v) is 2.02. The molecule has 2 heteroatoms. The van der Waals surface area contributed by atoms with Gasteiger partial charge in [0, 0.05) is 5.56 Å². The molecule has 0 N–H and O–H groups in total. The van der Waals surface area contributed by atoms with Crippen LogP contribution in [0.2, 0.25) is 0 Å². The Morgan fingerprint density at radius 2 is 1.58 bits per heavy atom. The quantitative estimate of drug-likeness (QED) is 0.615. The molecule has 94 valence electrons. The third-order valence-corrected chi connectivity index (χ3v) is 3.12. The van der Waals surface area contributed by atoms with Gasteiger partial charge in [-0.15, -0.1) is 0 Å². The van der Waals surface area contributed by atoms with E-state index >= 15 is 0 Å². The second kappa shape index (κ2) is 5.21. The zero-order chi connectivity index (χ0) is 13.1. The van der Waals surface area contributed by atoms with Crippen molar-refractivity contribution in [1.82, 2.24) is 0 Å². The van der Waals surface area contributed by atoms with Crippen molar-refractivity contribution in [3.63, 3.8) is 0 Å². The summed E-state index contributed by atoms with van der Waals surface area (Å²) in [6.07, 6.45) is 3.53. The number of benzene rings is 2. The first-order valence-corrected chi connectivity index (χ1v) is 6.32. The van der Waals surface area contributed by atoms with Crippen LogP contribution in [0.4, 0.5) is 0 Å². The van der Waals surface area contributed by atoms with Crippen LogP contribution < -0.4 is 0 Å². The summed E-state index contributed by atoms with van der Waals surface area (Å²) in [7, 11) is 0. The molecule has 1 fully saturated rings. The number of hydrogen-bond acceptors (Lipinski definition) is 2.